The number of anilines is 3. The van der Waals surface area contributed by atoms with Gasteiger partial charge in [-0.1, -0.05) is 23.7 Å². The Hall–Kier alpha value is -2.40. The molecule has 0 amide bonds. The summed E-state index contributed by atoms with van der Waals surface area (Å²) in [5.74, 6) is 1.08. The molecule has 0 spiro atoms. The molecular weight excluding hydrogens is 274 g/mol. The Labute approximate surface area is 121 Å². The summed E-state index contributed by atoms with van der Waals surface area (Å²) in [4.78, 5) is 12.5. The number of rotatable bonds is 3. The van der Waals surface area contributed by atoms with Gasteiger partial charge in [-0.05, 0) is 12.1 Å². The van der Waals surface area contributed by atoms with E-state index in [9.17, 15) is 0 Å². The Kier molecular flexibility index (Phi) is 3.35. The van der Waals surface area contributed by atoms with Crippen molar-refractivity contribution in [3.63, 3.8) is 0 Å². The summed E-state index contributed by atoms with van der Waals surface area (Å²) < 4.78 is 0. The van der Waals surface area contributed by atoms with Crippen molar-refractivity contribution in [2.45, 2.75) is 0 Å². The van der Waals surface area contributed by atoms with Crippen LogP contribution in [-0.2, 0) is 0 Å². The van der Waals surface area contributed by atoms with Crippen LogP contribution < -0.4 is 10.6 Å². The number of halogens is 1. The van der Waals surface area contributed by atoms with Gasteiger partial charge in [-0.15, -0.1) is 0 Å². The van der Waals surface area contributed by atoms with E-state index in [1.807, 2.05) is 30.5 Å². The summed E-state index contributed by atoms with van der Waals surface area (Å²) in [6.07, 6.45) is 5.14. The highest BCUT2D eigenvalue weighted by Crippen LogP contribution is 2.28. The average molecular weight is 286 g/mol. The van der Waals surface area contributed by atoms with Crippen molar-refractivity contribution in [1.82, 2.24) is 15.0 Å². The maximum Gasteiger partial charge on any atom is 0.224 e. The summed E-state index contributed by atoms with van der Waals surface area (Å²) in [6.45, 7) is 0. The van der Waals surface area contributed by atoms with E-state index >= 15 is 0 Å². The molecule has 6 heteroatoms. The Morgan fingerprint density at radius 2 is 2.05 bits per heavy atom. The van der Waals surface area contributed by atoms with Gasteiger partial charge in [-0.3, -0.25) is 4.98 Å². The van der Waals surface area contributed by atoms with Crippen LogP contribution in [0.1, 0.15) is 0 Å². The normalized spacial score (nSPS) is 10.5. The van der Waals surface area contributed by atoms with Gasteiger partial charge in [0.15, 0.2) is 5.82 Å². The van der Waals surface area contributed by atoms with Crippen molar-refractivity contribution < 1.29 is 0 Å². The molecule has 2 heterocycles. The van der Waals surface area contributed by atoms with Gasteiger partial charge in [-0.2, -0.15) is 4.98 Å². The molecule has 2 aromatic heterocycles. The van der Waals surface area contributed by atoms with Gasteiger partial charge in [-0.25, -0.2) is 4.98 Å². The fourth-order valence-electron chi connectivity index (χ4n) is 1.93. The quantitative estimate of drug-likeness (QED) is 0.771. The molecule has 0 atom stereocenters. The van der Waals surface area contributed by atoms with E-state index in [1.165, 1.54) is 0 Å². The first-order valence-corrected chi connectivity index (χ1v) is 6.46. The zero-order valence-electron chi connectivity index (χ0n) is 10.8. The summed E-state index contributed by atoms with van der Waals surface area (Å²) >= 11 is 6.13. The van der Waals surface area contributed by atoms with Gasteiger partial charge >= 0.3 is 0 Å². The first kappa shape index (κ1) is 12.6. The fourth-order valence-corrected chi connectivity index (χ4v) is 2.07. The minimum absolute atomic E-state index is 0.468. The van der Waals surface area contributed by atoms with Crippen LogP contribution >= 0.6 is 11.6 Å². The Morgan fingerprint density at radius 1 is 1.15 bits per heavy atom. The number of pyridine rings is 1. The molecule has 3 rings (SSSR count). The lowest BCUT2D eigenvalue weighted by Gasteiger charge is -2.11. The molecule has 0 radical (unpaired) electrons. The monoisotopic (exact) mass is 285 g/mol. The summed E-state index contributed by atoms with van der Waals surface area (Å²) in [5.41, 5.74) is 0.924. The second kappa shape index (κ2) is 5.30. The Morgan fingerprint density at radius 3 is 2.90 bits per heavy atom. The summed E-state index contributed by atoms with van der Waals surface area (Å²) in [7, 11) is 1.76. The van der Waals surface area contributed by atoms with Crippen LogP contribution in [-0.4, -0.2) is 22.0 Å². The van der Waals surface area contributed by atoms with Crippen molar-refractivity contribution >= 4 is 39.8 Å². The molecule has 20 heavy (non-hydrogen) atoms. The third kappa shape index (κ3) is 2.35. The third-order valence-electron chi connectivity index (χ3n) is 2.90. The van der Waals surface area contributed by atoms with Crippen LogP contribution in [0.25, 0.3) is 10.8 Å². The maximum absolute atomic E-state index is 6.13. The summed E-state index contributed by atoms with van der Waals surface area (Å²) in [6, 6.07) is 7.89. The van der Waals surface area contributed by atoms with Crippen LogP contribution in [0.3, 0.4) is 0 Å². The molecule has 2 N–H and O–H groups in total. The average Bonchev–Trinajstić information content (AvgIpc) is 2.50. The fraction of sp³-hybridized carbons (Fsp3) is 0.0714. The van der Waals surface area contributed by atoms with E-state index in [-0.39, 0.29) is 0 Å². The molecule has 0 bridgehead atoms. The number of fused-ring (bicyclic) bond motifs is 1. The van der Waals surface area contributed by atoms with Gasteiger partial charge in [0.2, 0.25) is 5.95 Å². The molecule has 0 saturated heterocycles. The van der Waals surface area contributed by atoms with Crippen molar-refractivity contribution in [2.75, 3.05) is 17.7 Å². The number of benzene rings is 1. The predicted octanol–water partition coefficient (Wildman–Crippen LogP) is 3.46. The van der Waals surface area contributed by atoms with E-state index in [4.69, 9.17) is 11.6 Å². The molecule has 0 aliphatic heterocycles. The van der Waals surface area contributed by atoms with Crippen molar-refractivity contribution in [2.24, 2.45) is 0 Å². The van der Waals surface area contributed by atoms with Crippen molar-refractivity contribution in [1.29, 1.82) is 0 Å². The summed E-state index contributed by atoms with van der Waals surface area (Å²) in [5, 5.41) is 8.70. The standard InChI is InChI=1S/C14H12ClN5/c1-16-14-18-8-11(15)13(20-14)19-12-4-2-3-9-7-17-6-5-10(9)12/h2-8H,1H3,(H2,16,18,19,20). The number of nitrogens with one attached hydrogen (secondary N) is 2. The first-order chi connectivity index (χ1) is 9.78. The van der Waals surface area contributed by atoms with Gasteiger partial charge in [0, 0.05) is 35.9 Å². The molecular formula is C14H12ClN5. The lowest BCUT2D eigenvalue weighted by molar-refractivity contribution is 1.15. The van der Waals surface area contributed by atoms with Gasteiger partial charge in [0.1, 0.15) is 5.02 Å². The second-order valence-corrected chi connectivity index (χ2v) is 4.57. The van der Waals surface area contributed by atoms with Crippen LogP contribution in [0.2, 0.25) is 5.02 Å². The van der Waals surface area contributed by atoms with Gasteiger partial charge < -0.3 is 10.6 Å². The molecule has 1 aromatic carbocycles. The van der Waals surface area contributed by atoms with Crippen molar-refractivity contribution in [3.8, 4) is 0 Å². The van der Waals surface area contributed by atoms with E-state index in [1.54, 1.807) is 19.4 Å². The smallest absolute Gasteiger partial charge is 0.224 e. The number of nitrogens with zero attached hydrogens (tertiary/aromatic N) is 3. The highest BCUT2D eigenvalue weighted by Gasteiger charge is 2.07. The SMILES string of the molecule is CNc1ncc(Cl)c(Nc2cccc3cnccc23)n1. The Bertz CT molecular complexity index is 754. The lowest BCUT2D eigenvalue weighted by atomic mass is 10.1. The first-order valence-electron chi connectivity index (χ1n) is 6.08. The van der Waals surface area contributed by atoms with Gasteiger partial charge in [0.05, 0.1) is 6.20 Å². The van der Waals surface area contributed by atoms with Crippen LogP contribution in [0.4, 0.5) is 17.5 Å². The molecule has 0 aliphatic carbocycles. The van der Waals surface area contributed by atoms with E-state index in [0.717, 1.165) is 16.5 Å². The third-order valence-corrected chi connectivity index (χ3v) is 3.18. The van der Waals surface area contributed by atoms with Crippen LogP contribution in [0, 0.1) is 0 Å². The molecule has 0 unspecified atom stereocenters. The van der Waals surface area contributed by atoms with E-state index in [2.05, 4.69) is 25.6 Å². The molecule has 3 aromatic rings. The maximum atomic E-state index is 6.13. The minimum atomic E-state index is 0.468. The highest BCUT2D eigenvalue weighted by atomic mass is 35.5. The molecule has 100 valence electrons. The number of aromatic nitrogens is 3. The van der Waals surface area contributed by atoms with E-state index in [0.29, 0.717) is 16.8 Å². The number of hydrogen-bond donors (Lipinski definition) is 2. The molecule has 5 nitrogen and oxygen atoms in total. The zero-order chi connectivity index (χ0) is 13.9. The number of hydrogen-bond acceptors (Lipinski definition) is 5. The largest absolute Gasteiger partial charge is 0.357 e. The highest BCUT2D eigenvalue weighted by molar-refractivity contribution is 6.33. The molecule has 0 saturated carbocycles. The van der Waals surface area contributed by atoms with Crippen molar-refractivity contribution in [3.05, 3.63) is 47.9 Å². The second-order valence-electron chi connectivity index (χ2n) is 4.17. The minimum Gasteiger partial charge on any atom is -0.357 e. The lowest BCUT2D eigenvalue weighted by Crippen LogP contribution is -2.01. The molecule has 0 fully saturated rings. The molecule has 0 aliphatic rings. The van der Waals surface area contributed by atoms with Gasteiger partial charge in [0.25, 0.3) is 0 Å². The van der Waals surface area contributed by atoms with E-state index < -0.39 is 0 Å². The topological polar surface area (TPSA) is 62.7 Å². The van der Waals surface area contributed by atoms with Crippen LogP contribution in [0.15, 0.2) is 42.9 Å². The zero-order valence-corrected chi connectivity index (χ0v) is 11.5. The van der Waals surface area contributed by atoms with Crippen LogP contribution in [0.5, 0.6) is 0 Å². The predicted molar refractivity (Wildman–Crippen MR) is 81.6 cm³/mol. The Balaban J connectivity index is 2.05.